The van der Waals surface area contributed by atoms with Crippen LogP contribution in [0.5, 0.6) is 0 Å². The van der Waals surface area contributed by atoms with E-state index in [4.69, 9.17) is 0 Å². The molecule has 2 unspecified atom stereocenters. The lowest BCUT2D eigenvalue weighted by Gasteiger charge is -2.27. The van der Waals surface area contributed by atoms with Gasteiger partial charge in [0.05, 0.1) is 0 Å². The molecule has 176 valence electrons. The van der Waals surface area contributed by atoms with Crippen molar-refractivity contribution in [2.45, 2.75) is 88.6 Å². The Labute approximate surface area is 190 Å². The molecule has 1 rings (SSSR count). The minimum atomic E-state index is 0.438. The molecule has 2 atom stereocenters. The summed E-state index contributed by atoms with van der Waals surface area (Å²) in [4.78, 5) is 4.93. The normalized spacial score (nSPS) is 14.4. The van der Waals surface area contributed by atoms with Crippen molar-refractivity contribution in [3.05, 3.63) is 35.9 Å². The highest BCUT2D eigenvalue weighted by Crippen LogP contribution is 2.25. The molecule has 0 aliphatic rings. The van der Waals surface area contributed by atoms with Crippen LogP contribution in [0.4, 0.5) is 0 Å². The van der Waals surface area contributed by atoms with E-state index in [2.05, 4.69) is 116 Å². The van der Waals surface area contributed by atoms with E-state index in [9.17, 15) is 0 Å². The van der Waals surface area contributed by atoms with Crippen LogP contribution < -0.4 is 0 Å². The fraction of sp³-hybridized carbons (Fsp3) is 0.786. The maximum atomic E-state index is 2.51. The monoisotopic (exact) mass is 418 g/mol. The van der Waals surface area contributed by atoms with Gasteiger partial charge in [-0.15, -0.1) is 0 Å². The Morgan fingerprint density at radius 1 is 0.733 bits per heavy atom. The zero-order chi connectivity index (χ0) is 23.4. The lowest BCUT2D eigenvalue weighted by Crippen LogP contribution is -2.29. The number of nitrogens with zero attached hydrogens (tertiary/aromatic N) is 2. The lowest BCUT2D eigenvalue weighted by molar-refractivity contribution is 0.214. The van der Waals surface area contributed by atoms with Crippen molar-refractivity contribution < 1.29 is 0 Å². The van der Waals surface area contributed by atoms with Crippen molar-refractivity contribution in [1.29, 1.82) is 0 Å². The van der Waals surface area contributed by atoms with E-state index in [-0.39, 0.29) is 0 Å². The van der Waals surface area contributed by atoms with Gasteiger partial charge in [-0.2, -0.15) is 0 Å². The largest absolute Gasteiger partial charge is 0.304 e. The first kappa shape index (κ1) is 29.1. The Kier molecular flexibility index (Phi) is 13.8. The van der Waals surface area contributed by atoms with Crippen LogP contribution in [0.1, 0.15) is 87.6 Å². The standard InChI is InChI=1S/C16H27N.C12H27N/c1-14(11-16(2,3)4)12-17(5)13-15-9-7-6-8-10-15;1-7-13(8-2)10-11(3)9-12(4,5)6/h6-10,14H,11-13H2,1-5H3;11H,7-10H2,1-6H3. The maximum Gasteiger partial charge on any atom is 0.0230 e. The Hall–Kier alpha value is -0.860. The van der Waals surface area contributed by atoms with Crippen molar-refractivity contribution in [3.63, 3.8) is 0 Å². The Bertz CT molecular complexity index is 520. The predicted molar refractivity (Wildman–Crippen MR) is 137 cm³/mol. The molecule has 0 amide bonds. The van der Waals surface area contributed by atoms with Gasteiger partial charge in [-0.3, -0.25) is 0 Å². The summed E-state index contributed by atoms with van der Waals surface area (Å²) in [6.07, 6.45) is 2.61. The van der Waals surface area contributed by atoms with Gasteiger partial charge in [-0.25, -0.2) is 0 Å². The van der Waals surface area contributed by atoms with Crippen molar-refractivity contribution in [3.8, 4) is 0 Å². The molecule has 0 spiro atoms. The minimum absolute atomic E-state index is 0.438. The molecule has 0 saturated heterocycles. The van der Waals surface area contributed by atoms with E-state index in [0.29, 0.717) is 10.8 Å². The van der Waals surface area contributed by atoms with E-state index in [1.54, 1.807) is 0 Å². The molecule has 0 N–H and O–H groups in total. The van der Waals surface area contributed by atoms with Gasteiger partial charge in [-0.1, -0.05) is 99.6 Å². The topological polar surface area (TPSA) is 6.48 Å². The first-order valence-electron chi connectivity index (χ1n) is 12.2. The lowest BCUT2D eigenvalue weighted by atomic mass is 9.85. The minimum Gasteiger partial charge on any atom is -0.304 e. The number of benzene rings is 1. The third-order valence-electron chi connectivity index (χ3n) is 5.30. The number of rotatable bonds is 10. The van der Waals surface area contributed by atoms with Gasteiger partial charge < -0.3 is 9.80 Å². The number of hydrogen-bond donors (Lipinski definition) is 0. The third kappa shape index (κ3) is 16.9. The Morgan fingerprint density at radius 2 is 1.17 bits per heavy atom. The third-order valence-corrected chi connectivity index (χ3v) is 5.30. The molecule has 2 heteroatoms. The second-order valence-corrected chi connectivity index (χ2v) is 11.9. The SMILES string of the molecule is CC(CN(C)Cc1ccccc1)CC(C)(C)C.CCN(CC)CC(C)CC(C)(C)C. The van der Waals surface area contributed by atoms with E-state index < -0.39 is 0 Å². The second kappa shape index (κ2) is 14.2. The summed E-state index contributed by atoms with van der Waals surface area (Å²) in [6, 6.07) is 10.7. The first-order chi connectivity index (χ1) is 13.8. The molecule has 0 saturated carbocycles. The summed E-state index contributed by atoms with van der Waals surface area (Å²) in [5.74, 6) is 1.57. The fourth-order valence-electron chi connectivity index (χ4n) is 4.63. The van der Waals surface area contributed by atoms with Gasteiger partial charge in [-0.05, 0) is 61.2 Å². The first-order valence-corrected chi connectivity index (χ1v) is 12.2. The van der Waals surface area contributed by atoms with Gasteiger partial charge >= 0.3 is 0 Å². The zero-order valence-corrected chi connectivity index (χ0v) is 22.4. The summed E-state index contributed by atoms with van der Waals surface area (Å²) >= 11 is 0. The molecule has 0 radical (unpaired) electrons. The van der Waals surface area contributed by atoms with Crippen molar-refractivity contribution >= 4 is 0 Å². The van der Waals surface area contributed by atoms with Crippen LogP contribution in [0.25, 0.3) is 0 Å². The van der Waals surface area contributed by atoms with Crippen LogP contribution in [-0.2, 0) is 6.54 Å². The van der Waals surface area contributed by atoms with Gasteiger partial charge in [0.2, 0.25) is 0 Å². The van der Waals surface area contributed by atoms with E-state index in [0.717, 1.165) is 18.4 Å². The molecule has 0 aliphatic heterocycles. The summed E-state index contributed by atoms with van der Waals surface area (Å²) in [7, 11) is 2.21. The molecule has 1 aromatic carbocycles. The maximum absolute atomic E-state index is 2.51. The molecule has 1 aromatic rings. The molecule has 0 heterocycles. The summed E-state index contributed by atoms with van der Waals surface area (Å²) in [5.41, 5.74) is 2.32. The highest BCUT2D eigenvalue weighted by molar-refractivity contribution is 5.14. The van der Waals surface area contributed by atoms with Crippen LogP contribution in [0.2, 0.25) is 0 Å². The second-order valence-electron chi connectivity index (χ2n) is 11.9. The molecular weight excluding hydrogens is 364 g/mol. The van der Waals surface area contributed by atoms with Crippen LogP contribution in [0.3, 0.4) is 0 Å². The molecule has 0 fully saturated rings. The molecule has 30 heavy (non-hydrogen) atoms. The van der Waals surface area contributed by atoms with Gasteiger partial charge in [0.15, 0.2) is 0 Å². The van der Waals surface area contributed by atoms with Gasteiger partial charge in [0.1, 0.15) is 0 Å². The number of hydrogen-bond acceptors (Lipinski definition) is 2. The smallest absolute Gasteiger partial charge is 0.0230 e. The summed E-state index contributed by atoms with van der Waals surface area (Å²) in [6.45, 7) is 29.0. The average molecular weight is 419 g/mol. The summed E-state index contributed by atoms with van der Waals surface area (Å²) in [5, 5.41) is 0. The molecule has 2 nitrogen and oxygen atoms in total. The molecular formula is C28H54N2. The average Bonchev–Trinajstić information content (AvgIpc) is 2.57. The Balaban J connectivity index is 0.000000584. The van der Waals surface area contributed by atoms with Crippen LogP contribution in [0, 0.1) is 22.7 Å². The molecule has 0 aliphatic carbocycles. The van der Waals surface area contributed by atoms with Gasteiger partial charge in [0, 0.05) is 19.6 Å². The summed E-state index contributed by atoms with van der Waals surface area (Å²) < 4.78 is 0. The van der Waals surface area contributed by atoms with Crippen molar-refractivity contribution in [2.24, 2.45) is 22.7 Å². The quantitative estimate of drug-likeness (QED) is 0.386. The van der Waals surface area contributed by atoms with Crippen LogP contribution >= 0.6 is 0 Å². The van der Waals surface area contributed by atoms with E-state index in [1.807, 2.05) is 0 Å². The highest BCUT2D eigenvalue weighted by atomic mass is 15.1. The van der Waals surface area contributed by atoms with Crippen LogP contribution in [0.15, 0.2) is 30.3 Å². The van der Waals surface area contributed by atoms with Crippen molar-refractivity contribution in [1.82, 2.24) is 9.80 Å². The Morgan fingerprint density at radius 3 is 1.57 bits per heavy atom. The van der Waals surface area contributed by atoms with E-state index >= 15 is 0 Å². The molecule has 0 aromatic heterocycles. The highest BCUT2D eigenvalue weighted by Gasteiger charge is 2.17. The zero-order valence-electron chi connectivity index (χ0n) is 22.4. The predicted octanol–water partition coefficient (Wildman–Crippen LogP) is 7.59. The molecule has 0 bridgehead atoms. The van der Waals surface area contributed by atoms with Crippen LogP contribution in [-0.4, -0.2) is 43.0 Å². The van der Waals surface area contributed by atoms with E-state index in [1.165, 1.54) is 44.6 Å². The van der Waals surface area contributed by atoms with Gasteiger partial charge in [0.25, 0.3) is 0 Å². The fourth-order valence-corrected chi connectivity index (χ4v) is 4.63. The van der Waals surface area contributed by atoms with Crippen molar-refractivity contribution in [2.75, 3.05) is 33.2 Å².